The lowest BCUT2D eigenvalue weighted by atomic mass is 10.0. The molecule has 0 fully saturated rings. The molecule has 0 rings (SSSR count). The molecule has 1 atom stereocenters. The highest BCUT2D eigenvalue weighted by molar-refractivity contribution is 9.09. The molecule has 1 radical (unpaired) electrons. The van der Waals surface area contributed by atoms with Crippen LogP contribution < -0.4 is 4.90 Å². The van der Waals surface area contributed by atoms with Crippen LogP contribution in [0.4, 0.5) is 0 Å². The van der Waals surface area contributed by atoms with Gasteiger partial charge in [0.1, 0.15) is 19.1 Å². The lowest BCUT2D eigenvalue weighted by Gasteiger charge is -2.21. The summed E-state index contributed by atoms with van der Waals surface area (Å²) in [6, 6.07) is 0.773. The normalized spacial score (nSPS) is 14.1. The predicted molar refractivity (Wildman–Crippen MR) is 64.9 cm³/mol. The molecule has 0 spiro atoms. The lowest BCUT2D eigenvalue weighted by Crippen LogP contribution is -2.41. The van der Waals surface area contributed by atoms with E-state index in [1.807, 2.05) is 0 Å². The summed E-state index contributed by atoms with van der Waals surface area (Å²) in [5.74, 6) is 0.810. The van der Waals surface area contributed by atoms with Gasteiger partial charge in [0.15, 0.2) is 0 Å². The molecule has 0 aromatic carbocycles. The van der Waals surface area contributed by atoms with Gasteiger partial charge in [-0.1, -0.05) is 29.8 Å². The van der Waals surface area contributed by atoms with E-state index >= 15 is 0 Å². The number of nitrogens with zero attached hydrogens (tertiary/aromatic N) is 1. The molecule has 0 aromatic heterocycles. The molecule has 0 aliphatic rings. The Morgan fingerprint density at radius 1 is 1.15 bits per heavy atom. The third-order valence-corrected chi connectivity index (χ3v) is 2.97. The summed E-state index contributed by atoms with van der Waals surface area (Å²) in [5, 5.41) is 1.13. The first kappa shape index (κ1) is 13.4. The molecule has 2 heteroatoms. The summed E-state index contributed by atoms with van der Waals surface area (Å²) >= 11 is 3.54. The van der Waals surface area contributed by atoms with Crippen molar-refractivity contribution in [2.24, 2.45) is 5.92 Å². The largest absolute Gasteiger partial charge is 0.168 e. The standard InChI is InChI=1S/C11H24BrN/c1-5-13(6-2)11(7-8-12)9-10(3)4/h10-11H,5-9H2,1-4H3/q+1. The Kier molecular flexibility index (Phi) is 8.07. The minimum Gasteiger partial charge on any atom is -0.168 e. The van der Waals surface area contributed by atoms with Crippen molar-refractivity contribution in [3.8, 4) is 0 Å². The Morgan fingerprint density at radius 3 is 2.00 bits per heavy atom. The van der Waals surface area contributed by atoms with Gasteiger partial charge in [-0.2, -0.15) is 4.90 Å². The van der Waals surface area contributed by atoms with Crippen LogP contribution in [0.1, 0.15) is 40.5 Å². The zero-order valence-electron chi connectivity index (χ0n) is 9.52. The molecule has 0 bridgehead atoms. The van der Waals surface area contributed by atoms with Crippen molar-refractivity contribution in [2.45, 2.75) is 46.6 Å². The number of alkyl halides is 1. The predicted octanol–water partition coefficient (Wildman–Crippen LogP) is 3.37. The molecule has 1 nitrogen and oxygen atoms in total. The van der Waals surface area contributed by atoms with Crippen molar-refractivity contribution in [1.82, 2.24) is 4.90 Å². The van der Waals surface area contributed by atoms with Gasteiger partial charge in [0, 0.05) is 18.2 Å². The summed E-state index contributed by atoms with van der Waals surface area (Å²) in [4.78, 5) is 2.57. The second-order valence-electron chi connectivity index (χ2n) is 3.98. The van der Waals surface area contributed by atoms with Gasteiger partial charge in [0.05, 0.1) is 0 Å². The molecule has 0 heterocycles. The zero-order chi connectivity index (χ0) is 10.3. The first-order valence-electron chi connectivity index (χ1n) is 5.45. The fourth-order valence-electron chi connectivity index (χ4n) is 1.86. The summed E-state index contributed by atoms with van der Waals surface area (Å²) in [5.41, 5.74) is 0. The third-order valence-electron chi connectivity index (χ3n) is 2.51. The minimum absolute atomic E-state index is 0.773. The molecule has 0 amide bonds. The van der Waals surface area contributed by atoms with Crippen LogP contribution in [0.3, 0.4) is 0 Å². The molecule has 0 aromatic rings. The van der Waals surface area contributed by atoms with Gasteiger partial charge in [-0.3, -0.25) is 0 Å². The van der Waals surface area contributed by atoms with E-state index in [1.165, 1.54) is 25.9 Å². The van der Waals surface area contributed by atoms with Gasteiger partial charge in [0.25, 0.3) is 0 Å². The molecule has 0 saturated heterocycles. The Morgan fingerprint density at radius 2 is 1.69 bits per heavy atom. The number of rotatable bonds is 7. The van der Waals surface area contributed by atoms with Crippen LogP contribution in [0.2, 0.25) is 0 Å². The Balaban J connectivity index is 4.03. The molecule has 0 aliphatic carbocycles. The maximum Gasteiger partial charge on any atom is 0.133 e. The van der Waals surface area contributed by atoms with Gasteiger partial charge >= 0.3 is 0 Å². The van der Waals surface area contributed by atoms with Crippen LogP contribution in [0, 0.1) is 5.92 Å². The van der Waals surface area contributed by atoms with Crippen LogP contribution >= 0.6 is 15.9 Å². The van der Waals surface area contributed by atoms with Crippen molar-refractivity contribution in [2.75, 3.05) is 18.4 Å². The third kappa shape index (κ3) is 5.69. The van der Waals surface area contributed by atoms with Crippen molar-refractivity contribution in [1.29, 1.82) is 0 Å². The van der Waals surface area contributed by atoms with E-state index in [9.17, 15) is 0 Å². The molecule has 1 unspecified atom stereocenters. The number of hydrogen-bond acceptors (Lipinski definition) is 1. The Bertz CT molecular complexity index is 111. The van der Waals surface area contributed by atoms with Gasteiger partial charge in [-0.25, -0.2) is 0 Å². The molecular weight excluding hydrogens is 226 g/mol. The molecule has 0 saturated carbocycles. The summed E-state index contributed by atoms with van der Waals surface area (Å²) < 4.78 is 0. The molecule has 0 aliphatic heterocycles. The Labute approximate surface area is 92.0 Å². The molecule has 79 valence electrons. The van der Waals surface area contributed by atoms with E-state index in [2.05, 4.69) is 48.5 Å². The van der Waals surface area contributed by atoms with Crippen LogP contribution in [0.25, 0.3) is 0 Å². The molecule has 13 heavy (non-hydrogen) atoms. The van der Waals surface area contributed by atoms with E-state index in [-0.39, 0.29) is 0 Å². The van der Waals surface area contributed by atoms with Crippen molar-refractivity contribution >= 4 is 15.9 Å². The van der Waals surface area contributed by atoms with Gasteiger partial charge in [0.2, 0.25) is 0 Å². The average Bonchev–Trinajstić information content (AvgIpc) is 2.05. The van der Waals surface area contributed by atoms with E-state index in [0.717, 1.165) is 17.3 Å². The first-order valence-corrected chi connectivity index (χ1v) is 6.57. The average molecular weight is 250 g/mol. The van der Waals surface area contributed by atoms with Crippen LogP contribution in [0.5, 0.6) is 0 Å². The SMILES string of the molecule is CC[N+](CC)C(CCBr)CC(C)C. The quantitative estimate of drug-likeness (QED) is 0.482. The number of halogens is 1. The summed E-state index contributed by atoms with van der Waals surface area (Å²) in [6.45, 7) is 11.5. The fraction of sp³-hybridized carbons (Fsp3) is 1.00. The summed E-state index contributed by atoms with van der Waals surface area (Å²) in [7, 11) is 0. The van der Waals surface area contributed by atoms with Crippen molar-refractivity contribution in [3.05, 3.63) is 0 Å². The molecular formula is C11H24BrN+. The summed E-state index contributed by atoms with van der Waals surface area (Å²) in [6.07, 6.45) is 2.60. The van der Waals surface area contributed by atoms with E-state index in [4.69, 9.17) is 0 Å². The maximum absolute atomic E-state index is 3.54. The molecule has 0 N–H and O–H groups in total. The topological polar surface area (TPSA) is 5.90 Å². The van der Waals surface area contributed by atoms with Crippen LogP contribution in [0.15, 0.2) is 0 Å². The highest BCUT2D eigenvalue weighted by Crippen LogP contribution is 2.13. The first-order chi connectivity index (χ1) is 6.15. The van der Waals surface area contributed by atoms with Gasteiger partial charge in [-0.15, -0.1) is 0 Å². The maximum atomic E-state index is 3.54. The van der Waals surface area contributed by atoms with E-state index in [0.29, 0.717) is 0 Å². The van der Waals surface area contributed by atoms with Crippen molar-refractivity contribution < 1.29 is 0 Å². The second kappa shape index (κ2) is 7.81. The zero-order valence-corrected chi connectivity index (χ0v) is 11.1. The number of hydrogen-bond donors (Lipinski definition) is 0. The van der Waals surface area contributed by atoms with Crippen LogP contribution in [-0.2, 0) is 0 Å². The van der Waals surface area contributed by atoms with E-state index < -0.39 is 0 Å². The highest BCUT2D eigenvalue weighted by Gasteiger charge is 2.24. The fourth-order valence-corrected chi connectivity index (χ4v) is 2.39. The smallest absolute Gasteiger partial charge is 0.133 e. The minimum atomic E-state index is 0.773. The Hall–Kier alpha value is 0.440. The second-order valence-corrected chi connectivity index (χ2v) is 4.78. The van der Waals surface area contributed by atoms with Gasteiger partial charge < -0.3 is 0 Å². The van der Waals surface area contributed by atoms with Crippen molar-refractivity contribution in [3.63, 3.8) is 0 Å². The lowest BCUT2D eigenvalue weighted by molar-refractivity contribution is 0.290. The highest BCUT2D eigenvalue weighted by atomic mass is 79.9. The van der Waals surface area contributed by atoms with Crippen LogP contribution in [-0.4, -0.2) is 24.5 Å². The van der Waals surface area contributed by atoms with E-state index in [1.54, 1.807) is 0 Å². The van der Waals surface area contributed by atoms with Gasteiger partial charge in [-0.05, 0) is 19.8 Å². The monoisotopic (exact) mass is 249 g/mol.